The number of anilines is 1. The minimum atomic E-state index is -4.09. The molecule has 0 spiro atoms. The van der Waals surface area contributed by atoms with Gasteiger partial charge in [-0.3, -0.25) is 4.55 Å². The highest BCUT2D eigenvalue weighted by Crippen LogP contribution is 2.13. The molecular weight excluding hydrogens is 228 g/mol. The van der Waals surface area contributed by atoms with Gasteiger partial charge in [-0.05, 0) is 38.4 Å². The summed E-state index contributed by atoms with van der Waals surface area (Å²) in [5, 5.41) is 3.14. The average molecular weight is 244 g/mol. The smallest absolute Gasteiger partial charge is 0.294 e. The van der Waals surface area contributed by atoms with Crippen molar-refractivity contribution in [2.45, 2.75) is 4.90 Å². The van der Waals surface area contributed by atoms with Crippen molar-refractivity contribution in [3.63, 3.8) is 0 Å². The lowest BCUT2D eigenvalue weighted by atomic mass is 10.3. The van der Waals surface area contributed by atoms with Crippen LogP contribution in [0.5, 0.6) is 0 Å². The van der Waals surface area contributed by atoms with E-state index in [1.54, 1.807) is 12.1 Å². The van der Waals surface area contributed by atoms with Crippen molar-refractivity contribution in [3.05, 3.63) is 24.3 Å². The van der Waals surface area contributed by atoms with E-state index in [9.17, 15) is 8.42 Å². The van der Waals surface area contributed by atoms with Crippen molar-refractivity contribution in [3.8, 4) is 0 Å². The molecule has 0 aromatic heterocycles. The Hall–Kier alpha value is -1.11. The Kier molecular flexibility index (Phi) is 4.28. The van der Waals surface area contributed by atoms with Gasteiger partial charge in [-0.1, -0.05) is 0 Å². The first-order valence-electron chi connectivity index (χ1n) is 4.86. The van der Waals surface area contributed by atoms with Gasteiger partial charge in [0.05, 0.1) is 4.90 Å². The first-order chi connectivity index (χ1) is 7.39. The molecule has 5 nitrogen and oxygen atoms in total. The molecule has 0 amide bonds. The third kappa shape index (κ3) is 4.18. The van der Waals surface area contributed by atoms with E-state index in [1.165, 1.54) is 12.1 Å². The molecule has 0 heterocycles. The van der Waals surface area contributed by atoms with Gasteiger partial charge in [-0.25, -0.2) is 0 Å². The molecule has 16 heavy (non-hydrogen) atoms. The Morgan fingerprint density at radius 1 is 1.25 bits per heavy atom. The second kappa shape index (κ2) is 5.29. The Balaban J connectivity index is 2.59. The van der Waals surface area contributed by atoms with Crippen LogP contribution in [0.2, 0.25) is 0 Å². The Morgan fingerprint density at radius 3 is 2.25 bits per heavy atom. The lowest BCUT2D eigenvalue weighted by molar-refractivity contribution is 0.425. The molecular formula is C10H16N2O3S. The fourth-order valence-corrected chi connectivity index (χ4v) is 1.65. The third-order valence-electron chi connectivity index (χ3n) is 2.04. The van der Waals surface area contributed by atoms with E-state index in [2.05, 4.69) is 5.32 Å². The van der Waals surface area contributed by atoms with Gasteiger partial charge in [0, 0.05) is 18.8 Å². The van der Waals surface area contributed by atoms with Crippen LogP contribution in [0.1, 0.15) is 0 Å². The van der Waals surface area contributed by atoms with E-state index >= 15 is 0 Å². The maximum Gasteiger partial charge on any atom is 0.294 e. The quantitative estimate of drug-likeness (QED) is 0.753. The SMILES string of the molecule is CN(C)CCNc1ccc(S(=O)(=O)O)cc1. The van der Waals surface area contributed by atoms with Crippen LogP contribution >= 0.6 is 0 Å². The van der Waals surface area contributed by atoms with Gasteiger partial charge in [0.2, 0.25) is 0 Å². The molecule has 2 N–H and O–H groups in total. The van der Waals surface area contributed by atoms with Crippen molar-refractivity contribution < 1.29 is 13.0 Å². The number of benzene rings is 1. The Morgan fingerprint density at radius 2 is 1.81 bits per heavy atom. The van der Waals surface area contributed by atoms with Gasteiger partial charge in [0.25, 0.3) is 10.1 Å². The van der Waals surface area contributed by atoms with Gasteiger partial charge >= 0.3 is 0 Å². The molecule has 0 aliphatic rings. The molecule has 0 aliphatic heterocycles. The molecule has 0 saturated heterocycles. The van der Waals surface area contributed by atoms with Gasteiger partial charge in [-0.15, -0.1) is 0 Å². The predicted octanol–water partition coefficient (Wildman–Crippen LogP) is 0.907. The van der Waals surface area contributed by atoms with Crippen LogP contribution in [0, 0.1) is 0 Å². The molecule has 1 rings (SSSR count). The van der Waals surface area contributed by atoms with E-state index in [0.717, 1.165) is 18.8 Å². The fraction of sp³-hybridized carbons (Fsp3) is 0.400. The maximum absolute atomic E-state index is 10.8. The maximum atomic E-state index is 10.8. The minimum Gasteiger partial charge on any atom is -0.384 e. The van der Waals surface area contributed by atoms with E-state index in [0.29, 0.717) is 0 Å². The van der Waals surface area contributed by atoms with E-state index in [4.69, 9.17) is 4.55 Å². The number of rotatable bonds is 5. The van der Waals surface area contributed by atoms with Crippen LogP contribution < -0.4 is 5.32 Å². The topological polar surface area (TPSA) is 69.6 Å². The standard InChI is InChI=1S/C10H16N2O3S/c1-12(2)8-7-11-9-3-5-10(6-4-9)16(13,14)15/h3-6,11H,7-8H2,1-2H3,(H,13,14,15). The summed E-state index contributed by atoms with van der Waals surface area (Å²) in [7, 11) is -0.139. The highest BCUT2D eigenvalue weighted by molar-refractivity contribution is 7.85. The number of hydrogen-bond acceptors (Lipinski definition) is 4. The molecule has 0 fully saturated rings. The van der Waals surface area contributed by atoms with Crippen LogP contribution in [0.3, 0.4) is 0 Å². The van der Waals surface area contributed by atoms with Crippen LogP contribution in [-0.2, 0) is 10.1 Å². The molecule has 0 atom stereocenters. The zero-order valence-corrected chi connectivity index (χ0v) is 10.2. The van der Waals surface area contributed by atoms with Crippen molar-refractivity contribution in [1.82, 2.24) is 4.90 Å². The molecule has 0 radical (unpaired) electrons. The van der Waals surface area contributed by atoms with Gasteiger partial charge in [0.15, 0.2) is 0 Å². The van der Waals surface area contributed by atoms with Crippen LogP contribution in [0.4, 0.5) is 5.69 Å². The lowest BCUT2D eigenvalue weighted by Gasteiger charge is -2.11. The highest BCUT2D eigenvalue weighted by Gasteiger charge is 2.07. The summed E-state index contributed by atoms with van der Waals surface area (Å²) in [6.45, 7) is 1.66. The van der Waals surface area contributed by atoms with Crippen LogP contribution in [-0.4, -0.2) is 45.1 Å². The molecule has 1 aromatic rings. The van der Waals surface area contributed by atoms with Crippen molar-refractivity contribution in [1.29, 1.82) is 0 Å². The molecule has 0 aliphatic carbocycles. The summed E-state index contributed by atoms with van der Waals surface area (Å²) in [5.74, 6) is 0. The molecule has 6 heteroatoms. The summed E-state index contributed by atoms with van der Waals surface area (Å²) < 4.78 is 30.3. The van der Waals surface area contributed by atoms with Crippen molar-refractivity contribution in [2.75, 3.05) is 32.5 Å². The third-order valence-corrected chi connectivity index (χ3v) is 2.91. The molecule has 0 saturated carbocycles. The normalized spacial score (nSPS) is 11.8. The number of nitrogens with one attached hydrogen (secondary N) is 1. The monoisotopic (exact) mass is 244 g/mol. The Bertz CT molecular complexity index is 426. The van der Waals surface area contributed by atoms with Gasteiger partial charge in [-0.2, -0.15) is 8.42 Å². The van der Waals surface area contributed by atoms with Crippen molar-refractivity contribution in [2.24, 2.45) is 0 Å². The Labute approximate surface area is 95.8 Å². The van der Waals surface area contributed by atoms with Crippen LogP contribution in [0.15, 0.2) is 29.2 Å². The molecule has 0 bridgehead atoms. The average Bonchev–Trinajstić information content (AvgIpc) is 2.16. The first-order valence-corrected chi connectivity index (χ1v) is 6.30. The summed E-state index contributed by atoms with van der Waals surface area (Å²) in [6, 6.07) is 5.98. The number of hydrogen-bond donors (Lipinski definition) is 2. The summed E-state index contributed by atoms with van der Waals surface area (Å²) in [4.78, 5) is 1.95. The number of nitrogens with zero attached hydrogens (tertiary/aromatic N) is 1. The van der Waals surface area contributed by atoms with E-state index < -0.39 is 10.1 Å². The highest BCUT2D eigenvalue weighted by atomic mass is 32.2. The van der Waals surface area contributed by atoms with E-state index in [-0.39, 0.29) is 4.90 Å². The summed E-state index contributed by atoms with van der Waals surface area (Å²) in [5.41, 5.74) is 0.828. The zero-order valence-electron chi connectivity index (χ0n) is 9.34. The lowest BCUT2D eigenvalue weighted by Crippen LogP contribution is -2.20. The second-order valence-corrected chi connectivity index (χ2v) is 5.15. The zero-order chi connectivity index (χ0) is 12.2. The minimum absolute atomic E-state index is 0.0920. The first kappa shape index (κ1) is 13.0. The van der Waals surface area contributed by atoms with Gasteiger partial charge in [0.1, 0.15) is 0 Å². The van der Waals surface area contributed by atoms with Crippen LogP contribution in [0.25, 0.3) is 0 Å². The van der Waals surface area contributed by atoms with Gasteiger partial charge < -0.3 is 10.2 Å². The predicted molar refractivity (Wildman–Crippen MR) is 63.3 cm³/mol. The molecule has 0 unspecified atom stereocenters. The molecule has 90 valence electrons. The fourth-order valence-electron chi connectivity index (χ4n) is 1.17. The summed E-state index contributed by atoms with van der Waals surface area (Å²) >= 11 is 0. The molecule has 1 aromatic carbocycles. The van der Waals surface area contributed by atoms with E-state index in [1.807, 2.05) is 19.0 Å². The number of likely N-dealkylation sites (N-methyl/N-ethyl adjacent to an activating group) is 1. The van der Waals surface area contributed by atoms with Crippen molar-refractivity contribution >= 4 is 15.8 Å². The summed E-state index contributed by atoms with van der Waals surface area (Å²) in [6.07, 6.45) is 0. The second-order valence-electron chi connectivity index (χ2n) is 3.73. The largest absolute Gasteiger partial charge is 0.384 e.